The number of hydrogen-bond donors (Lipinski definition) is 2. The van der Waals surface area contributed by atoms with Crippen LogP contribution in [0.15, 0.2) is 23.0 Å². The van der Waals surface area contributed by atoms with Gasteiger partial charge in [-0.15, -0.1) is 0 Å². The van der Waals surface area contributed by atoms with Crippen LogP contribution in [0.3, 0.4) is 0 Å². The van der Waals surface area contributed by atoms with Gasteiger partial charge in [0.15, 0.2) is 11.3 Å². The third kappa shape index (κ3) is 6.27. The molecule has 3 aromatic heterocycles. The summed E-state index contributed by atoms with van der Waals surface area (Å²) < 4.78 is 99.4. The smallest absolute Gasteiger partial charge is 0.355 e. The molecule has 41 heavy (non-hydrogen) atoms. The van der Waals surface area contributed by atoms with E-state index in [1.807, 2.05) is 0 Å². The van der Waals surface area contributed by atoms with Gasteiger partial charge in [0.25, 0.3) is 12.3 Å². The molecule has 1 aliphatic carbocycles. The highest BCUT2D eigenvalue weighted by Crippen LogP contribution is 2.41. The number of nitrogens with zero attached hydrogens (tertiary/aromatic N) is 5. The number of nitrogens with one attached hydrogen (secondary N) is 2. The third-order valence-electron chi connectivity index (χ3n) is 7.55. The Morgan fingerprint density at radius 3 is 2.61 bits per heavy atom. The van der Waals surface area contributed by atoms with E-state index in [-0.39, 0.29) is 37.0 Å². The third-order valence-corrected chi connectivity index (χ3v) is 7.55. The summed E-state index contributed by atoms with van der Waals surface area (Å²) in [4.78, 5) is 29.5. The van der Waals surface area contributed by atoms with Gasteiger partial charge < -0.3 is 10.6 Å². The molecule has 10 nitrogen and oxygen atoms in total. The number of amides is 2. The summed E-state index contributed by atoms with van der Waals surface area (Å²) in [6, 6.07) is 2.02. The molecule has 17 heteroatoms. The molecular formula is C24H24F7N7O3. The average molecular weight is 591 g/mol. The molecule has 2 fully saturated rings. The number of hydrogen-bond acceptors (Lipinski definition) is 7. The number of carbonyl (C=O) groups is 2. The maximum Gasteiger partial charge on any atom is 0.393 e. The van der Waals surface area contributed by atoms with Crippen LogP contribution in [-0.4, -0.2) is 55.4 Å². The molecule has 2 N–H and O–H groups in total. The van der Waals surface area contributed by atoms with Gasteiger partial charge in [0, 0.05) is 31.7 Å². The maximum atomic E-state index is 13.9. The molecule has 0 radical (unpaired) electrons. The van der Waals surface area contributed by atoms with Gasteiger partial charge in [-0.1, -0.05) is 0 Å². The van der Waals surface area contributed by atoms with Gasteiger partial charge in [-0.25, -0.2) is 31.7 Å². The van der Waals surface area contributed by atoms with Gasteiger partial charge >= 0.3 is 6.18 Å². The second kappa shape index (κ2) is 10.9. The first-order chi connectivity index (χ1) is 19.3. The molecule has 0 aromatic carbocycles. The number of alkyl halides is 7. The molecule has 222 valence electrons. The predicted octanol–water partition coefficient (Wildman–Crippen LogP) is 4.20. The SMILES string of the molecule is O=C(N[C@H](c1cn2nc(CC3C[C@@H](C(F)(F)F)CNC3=O)ccc2n1)C1CCC(F)(F)CC1)c1nonc1C(F)F. The number of rotatable bonds is 7. The van der Waals surface area contributed by atoms with Gasteiger partial charge in [-0.05, 0) is 47.6 Å². The summed E-state index contributed by atoms with van der Waals surface area (Å²) in [5.41, 5.74) is -0.962. The van der Waals surface area contributed by atoms with E-state index >= 15 is 0 Å². The first-order valence-electron chi connectivity index (χ1n) is 12.8. The summed E-state index contributed by atoms with van der Waals surface area (Å²) in [5.74, 6) is -7.62. The molecule has 1 unspecified atom stereocenters. The molecule has 0 bridgehead atoms. The first-order valence-corrected chi connectivity index (χ1v) is 12.8. The van der Waals surface area contributed by atoms with Gasteiger partial charge in [0.1, 0.15) is 0 Å². The van der Waals surface area contributed by atoms with Crippen molar-refractivity contribution in [3.8, 4) is 0 Å². The van der Waals surface area contributed by atoms with Crippen molar-refractivity contribution in [2.24, 2.45) is 17.8 Å². The van der Waals surface area contributed by atoms with Crippen LogP contribution in [0, 0.1) is 17.8 Å². The zero-order valence-electron chi connectivity index (χ0n) is 21.2. The molecule has 0 spiro atoms. The van der Waals surface area contributed by atoms with E-state index in [1.54, 1.807) is 0 Å². The first kappa shape index (κ1) is 28.7. The van der Waals surface area contributed by atoms with E-state index in [0.29, 0.717) is 5.69 Å². The van der Waals surface area contributed by atoms with Crippen molar-refractivity contribution < 1.29 is 45.0 Å². The maximum absolute atomic E-state index is 13.9. The normalized spacial score (nSPS) is 22.6. The second-order valence-corrected chi connectivity index (χ2v) is 10.4. The second-order valence-electron chi connectivity index (χ2n) is 10.4. The average Bonchev–Trinajstić information content (AvgIpc) is 3.55. The predicted molar refractivity (Wildman–Crippen MR) is 124 cm³/mol. The van der Waals surface area contributed by atoms with E-state index in [0.717, 1.165) is 0 Å². The molecule has 5 rings (SSSR count). The van der Waals surface area contributed by atoms with Crippen LogP contribution in [0.5, 0.6) is 0 Å². The van der Waals surface area contributed by atoms with Crippen molar-refractivity contribution in [2.45, 2.75) is 63.1 Å². The van der Waals surface area contributed by atoms with E-state index in [9.17, 15) is 40.3 Å². The molecule has 3 aromatic rings. The van der Waals surface area contributed by atoms with Crippen molar-refractivity contribution >= 4 is 17.5 Å². The summed E-state index contributed by atoms with van der Waals surface area (Å²) in [5, 5.41) is 15.5. The minimum absolute atomic E-state index is 0.000427. The Balaban J connectivity index is 1.40. The fourth-order valence-electron chi connectivity index (χ4n) is 5.31. The minimum Gasteiger partial charge on any atom is -0.355 e. The largest absolute Gasteiger partial charge is 0.393 e. The molecular weight excluding hydrogens is 567 g/mol. The Morgan fingerprint density at radius 1 is 1.20 bits per heavy atom. The lowest BCUT2D eigenvalue weighted by molar-refractivity contribution is -0.183. The topological polar surface area (TPSA) is 127 Å². The van der Waals surface area contributed by atoms with Crippen LogP contribution >= 0.6 is 0 Å². The van der Waals surface area contributed by atoms with Crippen molar-refractivity contribution in [1.29, 1.82) is 0 Å². The number of imidazole rings is 1. The molecule has 2 aliphatic rings. The van der Waals surface area contributed by atoms with Crippen LogP contribution in [-0.2, 0) is 11.2 Å². The molecule has 1 saturated carbocycles. The van der Waals surface area contributed by atoms with E-state index in [2.05, 4.69) is 35.7 Å². The minimum atomic E-state index is -4.46. The number of fused-ring (bicyclic) bond motifs is 1. The van der Waals surface area contributed by atoms with Crippen LogP contribution < -0.4 is 10.6 Å². The Bertz CT molecular complexity index is 1410. The lowest BCUT2D eigenvalue weighted by Gasteiger charge is -2.33. The Kier molecular flexibility index (Phi) is 7.63. The number of carbonyl (C=O) groups excluding carboxylic acids is 2. The van der Waals surface area contributed by atoms with Crippen molar-refractivity contribution in [2.75, 3.05) is 6.54 Å². The molecule has 3 atom stereocenters. The molecule has 1 saturated heterocycles. The van der Waals surface area contributed by atoms with Crippen molar-refractivity contribution in [3.63, 3.8) is 0 Å². The molecule has 2 amide bonds. The number of halogens is 7. The highest BCUT2D eigenvalue weighted by atomic mass is 19.4. The van der Waals surface area contributed by atoms with E-state index in [1.165, 1.54) is 22.8 Å². The highest BCUT2D eigenvalue weighted by Gasteiger charge is 2.45. The van der Waals surface area contributed by atoms with E-state index < -0.39 is 84.9 Å². The highest BCUT2D eigenvalue weighted by molar-refractivity contribution is 5.93. The van der Waals surface area contributed by atoms with Gasteiger partial charge in [0.2, 0.25) is 17.5 Å². The summed E-state index contributed by atoms with van der Waals surface area (Å²) in [6.07, 6.45) is -7.55. The molecule has 4 heterocycles. The summed E-state index contributed by atoms with van der Waals surface area (Å²) in [6.45, 7) is -0.487. The van der Waals surface area contributed by atoms with Gasteiger partial charge in [-0.3, -0.25) is 9.59 Å². The fraction of sp³-hybridized carbons (Fsp3) is 0.583. The lowest BCUT2D eigenvalue weighted by Crippen LogP contribution is -2.47. The van der Waals surface area contributed by atoms with Crippen LogP contribution in [0.25, 0.3) is 5.65 Å². The van der Waals surface area contributed by atoms with Crippen LogP contribution in [0.4, 0.5) is 30.7 Å². The Labute approximate surface area is 227 Å². The van der Waals surface area contributed by atoms with Crippen molar-refractivity contribution in [1.82, 2.24) is 35.5 Å². The Hall–Kier alpha value is -3.79. The standard InChI is InChI=1S/C24H24F7N7O3/c25-20(26)18-19(37-41-36-18)22(40)34-17(11-3-5-23(27,28)6-4-11)15-10-38-16(33-15)2-1-14(35-38)8-12-7-13(24(29,30)31)9-32-21(12)39/h1-2,10-13,17,20H,3-9H2,(H,32,39)(H,34,40)/t12?,13-,17+/m1/s1. The number of aromatic nitrogens is 5. The zero-order valence-corrected chi connectivity index (χ0v) is 21.2. The van der Waals surface area contributed by atoms with Gasteiger partial charge in [-0.2, -0.15) is 18.3 Å². The molecule has 1 aliphatic heterocycles. The van der Waals surface area contributed by atoms with Crippen LogP contribution in [0.2, 0.25) is 0 Å². The summed E-state index contributed by atoms with van der Waals surface area (Å²) >= 11 is 0. The zero-order chi connectivity index (χ0) is 29.5. The monoisotopic (exact) mass is 591 g/mol. The number of piperidine rings is 1. The van der Waals surface area contributed by atoms with Crippen LogP contribution in [0.1, 0.15) is 72.1 Å². The Morgan fingerprint density at radius 2 is 1.93 bits per heavy atom. The summed E-state index contributed by atoms with van der Waals surface area (Å²) in [7, 11) is 0. The van der Waals surface area contributed by atoms with Crippen molar-refractivity contribution in [3.05, 3.63) is 41.1 Å². The van der Waals surface area contributed by atoms with E-state index in [4.69, 9.17) is 0 Å². The fourth-order valence-corrected chi connectivity index (χ4v) is 5.31. The quantitative estimate of drug-likeness (QED) is 0.395. The lowest BCUT2D eigenvalue weighted by atomic mass is 9.81. The van der Waals surface area contributed by atoms with Gasteiger partial charge in [0.05, 0.1) is 29.5 Å².